The first-order valence-electron chi connectivity index (χ1n) is 7.78. The van der Waals surface area contributed by atoms with E-state index in [0.29, 0.717) is 10.2 Å². The van der Waals surface area contributed by atoms with Gasteiger partial charge in [0.1, 0.15) is 0 Å². The Morgan fingerprint density at radius 1 is 1.29 bits per heavy atom. The minimum Gasteiger partial charge on any atom is -0.317 e. The Hall–Kier alpha value is -1.21. The van der Waals surface area contributed by atoms with Crippen LogP contribution in [0.1, 0.15) is 19.3 Å². The molecule has 1 saturated carbocycles. The van der Waals surface area contributed by atoms with Crippen LogP contribution < -0.4 is 10.6 Å². The number of halogens is 2. The summed E-state index contributed by atoms with van der Waals surface area (Å²) in [7, 11) is 0. The van der Waals surface area contributed by atoms with E-state index >= 15 is 0 Å². The molecular weight excluding hydrogens is 367 g/mol. The lowest BCUT2D eigenvalue weighted by Gasteiger charge is -2.22. The second kappa shape index (κ2) is 6.96. The van der Waals surface area contributed by atoms with Gasteiger partial charge in [0.05, 0.1) is 5.02 Å². The molecule has 1 unspecified atom stereocenters. The molecule has 2 fully saturated rings. The number of rotatable bonds is 3. The van der Waals surface area contributed by atoms with Crippen molar-refractivity contribution in [2.24, 2.45) is 11.3 Å². The summed E-state index contributed by atoms with van der Waals surface area (Å²) < 4.78 is 0. The summed E-state index contributed by atoms with van der Waals surface area (Å²) in [6.07, 6.45) is 3.18. The predicted octanol–water partition coefficient (Wildman–Crippen LogP) is 3.61. The Balaban J connectivity index is 0.00000169. The molecule has 1 aliphatic heterocycles. The van der Waals surface area contributed by atoms with E-state index in [4.69, 9.17) is 11.6 Å². The zero-order valence-corrected chi connectivity index (χ0v) is 15.3. The Kier molecular flexibility index (Phi) is 5.11. The van der Waals surface area contributed by atoms with Crippen molar-refractivity contribution in [2.75, 3.05) is 18.4 Å². The number of hydrogen-bond acceptors (Lipinski definition) is 5. The Morgan fingerprint density at radius 2 is 2.04 bits per heavy atom. The highest BCUT2D eigenvalue weighted by Gasteiger charge is 2.57. The van der Waals surface area contributed by atoms with Crippen LogP contribution in [-0.4, -0.2) is 29.2 Å². The molecule has 5 nitrogen and oxygen atoms in total. The van der Waals surface area contributed by atoms with Crippen molar-refractivity contribution in [1.82, 2.24) is 15.5 Å². The fourth-order valence-corrected chi connectivity index (χ4v) is 4.47. The molecule has 128 valence electrons. The number of nitrogens with one attached hydrogen (secondary N) is 2. The average Bonchev–Trinajstić information content (AvgIpc) is 3.04. The second-order valence-corrected chi connectivity index (χ2v) is 7.64. The van der Waals surface area contributed by atoms with E-state index in [1.54, 1.807) is 0 Å². The number of hydrogen-bond donors (Lipinski definition) is 2. The van der Waals surface area contributed by atoms with Gasteiger partial charge in [-0.3, -0.25) is 4.79 Å². The molecule has 1 saturated heterocycles. The molecule has 1 aromatic heterocycles. The summed E-state index contributed by atoms with van der Waals surface area (Å²) >= 11 is 7.53. The van der Waals surface area contributed by atoms with Gasteiger partial charge in [-0.05, 0) is 43.8 Å². The Morgan fingerprint density at radius 3 is 2.79 bits per heavy atom. The van der Waals surface area contributed by atoms with Crippen LogP contribution in [0.5, 0.6) is 0 Å². The van der Waals surface area contributed by atoms with Gasteiger partial charge in [-0.15, -0.1) is 22.6 Å². The smallest absolute Gasteiger partial charge is 0.229 e. The molecule has 24 heavy (non-hydrogen) atoms. The number of aromatic nitrogens is 2. The van der Waals surface area contributed by atoms with Crippen LogP contribution in [0, 0.1) is 11.3 Å². The number of anilines is 1. The number of carbonyl (C=O) groups is 1. The minimum atomic E-state index is 0. The van der Waals surface area contributed by atoms with Crippen LogP contribution in [0.3, 0.4) is 0 Å². The molecule has 0 bridgehead atoms. The van der Waals surface area contributed by atoms with Crippen LogP contribution in [0.4, 0.5) is 5.13 Å². The van der Waals surface area contributed by atoms with E-state index in [9.17, 15) is 4.79 Å². The first kappa shape index (κ1) is 17.6. The van der Waals surface area contributed by atoms with Crippen LogP contribution >= 0.6 is 35.3 Å². The van der Waals surface area contributed by atoms with Gasteiger partial charge in [-0.2, -0.15) is 0 Å². The highest BCUT2D eigenvalue weighted by Crippen LogP contribution is 2.58. The number of piperidine rings is 1. The van der Waals surface area contributed by atoms with E-state index in [0.717, 1.165) is 42.9 Å². The lowest BCUT2D eigenvalue weighted by molar-refractivity contribution is -0.118. The molecule has 1 aromatic carbocycles. The third-order valence-electron chi connectivity index (χ3n) is 4.86. The molecule has 1 atom stereocenters. The highest BCUT2D eigenvalue weighted by molar-refractivity contribution is 7.18. The molecule has 1 spiro atoms. The van der Waals surface area contributed by atoms with Gasteiger partial charge in [0.2, 0.25) is 11.0 Å². The quantitative estimate of drug-likeness (QED) is 0.847. The molecule has 1 amide bonds. The van der Waals surface area contributed by atoms with Crippen molar-refractivity contribution in [1.29, 1.82) is 0 Å². The van der Waals surface area contributed by atoms with Crippen LogP contribution in [0.25, 0.3) is 10.6 Å². The van der Waals surface area contributed by atoms with E-state index in [-0.39, 0.29) is 29.6 Å². The van der Waals surface area contributed by atoms with Gasteiger partial charge >= 0.3 is 0 Å². The highest BCUT2D eigenvalue weighted by atomic mass is 35.5. The third kappa shape index (κ3) is 3.28. The zero-order chi connectivity index (χ0) is 15.9. The van der Waals surface area contributed by atoms with E-state index in [1.807, 2.05) is 24.3 Å². The molecule has 2 aromatic rings. The monoisotopic (exact) mass is 384 g/mol. The van der Waals surface area contributed by atoms with E-state index in [2.05, 4.69) is 20.8 Å². The predicted molar refractivity (Wildman–Crippen MR) is 98.9 cm³/mol. The number of nitrogens with zero attached hydrogens (tertiary/aromatic N) is 2. The van der Waals surface area contributed by atoms with Crippen LogP contribution in [0.15, 0.2) is 24.3 Å². The first-order valence-corrected chi connectivity index (χ1v) is 8.97. The first-order chi connectivity index (χ1) is 11.2. The average molecular weight is 385 g/mol. The lowest BCUT2D eigenvalue weighted by Crippen LogP contribution is -2.31. The SMILES string of the molecule is Cl.O=C(Nc1nnc(-c2ccccc2Cl)s1)C1CC12CCNCC2. The molecule has 1 aliphatic carbocycles. The van der Waals surface area contributed by atoms with Crippen LogP contribution in [-0.2, 0) is 4.79 Å². The Labute approximate surface area is 155 Å². The molecule has 4 rings (SSSR count). The molecule has 2 N–H and O–H groups in total. The van der Waals surface area contributed by atoms with E-state index < -0.39 is 0 Å². The summed E-state index contributed by atoms with van der Waals surface area (Å²) in [6, 6.07) is 7.51. The van der Waals surface area contributed by atoms with Crippen molar-refractivity contribution in [3.63, 3.8) is 0 Å². The maximum absolute atomic E-state index is 12.4. The molecule has 0 radical (unpaired) electrons. The van der Waals surface area contributed by atoms with Crippen molar-refractivity contribution in [2.45, 2.75) is 19.3 Å². The third-order valence-corrected chi connectivity index (χ3v) is 6.07. The van der Waals surface area contributed by atoms with Crippen molar-refractivity contribution in [3.8, 4) is 10.6 Å². The fourth-order valence-electron chi connectivity index (χ4n) is 3.41. The number of carbonyl (C=O) groups excluding carboxylic acids is 1. The second-order valence-electron chi connectivity index (χ2n) is 6.25. The van der Waals surface area contributed by atoms with Gasteiger partial charge in [0.25, 0.3) is 0 Å². The summed E-state index contributed by atoms with van der Waals surface area (Å²) in [5, 5.41) is 16.4. The van der Waals surface area contributed by atoms with E-state index in [1.165, 1.54) is 11.3 Å². The topological polar surface area (TPSA) is 66.9 Å². The minimum absolute atomic E-state index is 0. The molecule has 2 aliphatic rings. The summed E-state index contributed by atoms with van der Waals surface area (Å²) in [5.41, 5.74) is 1.07. The van der Waals surface area contributed by atoms with Crippen molar-refractivity contribution in [3.05, 3.63) is 29.3 Å². The summed E-state index contributed by atoms with van der Waals surface area (Å²) in [6.45, 7) is 2.03. The maximum atomic E-state index is 12.4. The maximum Gasteiger partial charge on any atom is 0.229 e. The van der Waals surface area contributed by atoms with Crippen LogP contribution in [0.2, 0.25) is 5.02 Å². The lowest BCUT2D eigenvalue weighted by atomic mass is 9.92. The van der Waals surface area contributed by atoms with Gasteiger partial charge < -0.3 is 10.6 Å². The van der Waals surface area contributed by atoms with Gasteiger partial charge in [0.15, 0.2) is 5.01 Å². The summed E-state index contributed by atoms with van der Waals surface area (Å²) in [4.78, 5) is 12.4. The van der Waals surface area contributed by atoms with Gasteiger partial charge in [0, 0.05) is 11.5 Å². The Bertz CT molecular complexity index is 745. The van der Waals surface area contributed by atoms with Crippen molar-refractivity contribution < 1.29 is 4.79 Å². The number of amides is 1. The summed E-state index contributed by atoms with van der Waals surface area (Å²) in [5.74, 6) is 0.200. The molecule has 2 heterocycles. The molecular formula is C16H18Cl2N4OS. The van der Waals surface area contributed by atoms with Gasteiger partial charge in [-0.1, -0.05) is 41.1 Å². The number of benzene rings is 1. The van der Waals surface area contributed by atoms with Crippen molar-refractivity contribution >= 4 is 46.4 Å². The fraction of sp³-hybridized carbons (Fsp3) is 0.438. The largest absolute Gasteiger partial charge is 0.317 e. The zero-order valence-electron chi connectivity index (χ0n) is 12.9. The standard InChI is InChI=1S/C16H17ClN4OS.ClH/c17-12-4-2-1-3-10(12)14-20-21-15(23-14)19-13(22)11-9-16(11)5-7-18-8-6-16;/h1-4,11,18H,5-9H2,(H,19,21,22);1H. The normalized spacial score (nSPS) is 21.1. The van der Waals surface area contributed by atoms with Gasteiger partial charge in [-0.25, -0.2) is 0 Å². The molecule has 8 heteroatoms.